The second-order valence-electron chi connectivity index (χ2n) is 7.77. The lowest BCUT2D eigenvalue weighted by Crippen LogP contribution is -2.43. The molecule has 1 atom stereocenters. The van der Waals surface area contributed by atoms with Crippen LogP contribution in [0.2, 0.25) is 0 Å². The molecular weight excluding hydrogens is 406 g/mol. The third-order valence-corrected chi connectivity index (χ3v) is 5.68. The Labute approximate surface area is 185 Å². The Morgan fingerprint density at radius 2 is 1.97 bits per heavy atom. The quantitative estimate of drug-likeness (QED) is 0.686. The second-order valence-corrected chi connectivity index (χ2v) is 7.77. The zero-order chi connectivity index (χ0) is 21.9. The summed E-state index contributed by atoms with van der Waals surface area (Å²) in [4.78, 5) is 38.1. The van der Waals surface area contributed by atoms with Gasteiger partial charge >= 0.3 is 0 Å². The molecule has 0 aliphatic carbocycles. The first-order valence-electron chi connectivity index (χ1n) is 10.6. The highest BCUT2D eigenvalue weighted by atomic mass is 16.5. The minimum absolute atomic E-state index is 0.0925. The van der Waals surface area contributed by atoms with Gasteiger partial charge in [-0.15, -0.1) is 0 Å². The molecule has 2 aromatic heterocycles. The molecule has 0 bridgehead atoms. The van der Waals surface area contributed by atoms with E-state index in [1.807, 2.05) is 48.5 Å². The minimum atomic E-state index is -0.164. The number of fused-ring (bicyclic) bond motifs is 1. The van der Waals surface area contributed by atoms with Crippen LogP contribution in [0, 0.1) is 0 Å². The van der Waals surface area contributed by atoms with Gasteiger partial charge in [-0.1, -0.05) is 36.4 Å². The van der Waals surface area contributed by atoms with Gasteiger partial charge in [0, 0.05) is 18.9 Å². The van der Waals surface area contributed by atoms with Crippen molar-refractivity contribution in [3.63, 3.8) is 0 Å². The third kappa shape index (κ3) is 4.04. The maximum Gasteiger partial charge on any atom is 0.255 e. The number of amides is 2. The number of nitrogens with zero attached hydrogens (tertiary/aromatic N) is 4. The van der Waals surface area contributed by atoms with E-state index in [4.69, 9.17) is 4.74 Å². The molecule has 0 saturated carbocycles. The molecule has 32 heavy (non-hydrogen) atoms. The standard InChI is InChI=1S/C24H23N5O3/c30-22-14-27-23-20(29(22)15-19-8-4-5-9-25-19)12-18(13-26-23)24(31)28-10-11-32-21(16-28)17-6-2-1-3-7-17/h1-9,12-13,21H,10-11,14-16H2,(H,26,27). The van der Waals surface area contributed by atoms with Gasteiger partial charge in [0.25, 0.3) is 5.91 Å². The lowest BCUT2D eigenvalue weighted by atomic mass is 10.1. The Morgan fingerprint density at radius 1 is 1.12 bits per heavy atom. The number of carbonyl (C=O) groups excluding carboxylic acids is 2. The van der Waals surface area contributed by atoms with E-state index in [2.05, 4.69) is 15.3 Å². The van der Waals surface area contributed by atoms with Gasteiger partial charge in [0.2, 0.25) is 5.91 Å². The fraction of sp³-hybridized carbons (Fsp3) is 0.250. The van der Waals surface area contributed by atoms with Crippen LogP contribution in [0.5, 0.6) is 0 Å². The first-order chi connectivity index (χ1) is 15.7. The topological polar surface area (TPSA) is 87.7 Å². The molecule has 4 heterocycles. The van der Waals surface area contributed by atoms with E-state index in [-0.39, 0.29) is 24.5 Å². The molecule has 1 N–H and O–H groups in total. The Balaban J connectivity index is 1.39. The van der Waals surface area contributed by atoms with Crippen LogP contribution in [-0.4, -0.2) is 52.9 Å². The Kier molecular flexibility index (Phi) is 5.51. The first-order valence-corrected chi connectivity index (χ1v) is 10.6. The summed E-state index contributed by atoms with van der Waals surface area (Å²) >= 11 is 0. The van der Waals surface area contributed by atoms with Crippen LogP contribution in [0.3, 0.4) is 0 Å². The van der Waals surface area contributed by atoms with E-state index in [0.717, 1.165) is 11.3 Å². The third-order valence-electron chi connectivity index (χ3n) is 5.68. The van der Waals surface area contributed by atoms with Crippen LogP contribution in [0.15, 0.2) is 67.0 Å². The van der Waals surface area contributed by atoms with Crippen LogP contribution in [0.25, 0.3) is 0 Å². The Morgan fingerprint density at radius 3 is 2.78 bits per heavy atom. The minimum Gasteiger partial charge on any atom is -0.370 e. The van der Waals surface area contributed by atoms with Crippen molar-refractivity contribution in [2.75, 3.05) is 36.5 Å². The highest BCUT2D eigenvalue weighted by Crippen LogP contribution is 2.30. The van der Waals surface area contributed by atoms with Crippen molar-refractivity contribution in [2.45, 2.75) is 12.6 Å². The van der Waals surface area contributed by atoms with E-state index < -0.39 is 0 Å². The highest BCUT2D eigenvalue weighted by molar-refractivity contribution is 6.04. The number of nitrogens with one attached hydrogen (secondary N) is 1. The molecular formula is C24H23N5O3. The number of pyridine rings is 2. The summed E-state index contributed by atoms with van der Waals surface area (Å²) in [7, 11) is 0. The van der Waals surface area contributed by atoms with Gasteiger partial charge in [-0.3, -0.25) is 14.6 Å². The molecule has 8 nitrogen and oxygen atoms in total. The summed E-state index contributed by atoms with van der Waals surface area (Å²) < 4.78 is 5.89. The maximum atomic E-state index is 13.3. The molecule has 1 unspecified atom stereocenters. The molecule has 1 aromatic carbocycles. The monoisotopic (exact) mass is 429 g/mol. The fourth-order valence-electron chi connectivity index (χ4n) is 4.01. The molecule has 2 aliphatic rings. The van der Waals surface area contributed by atoms with Crippen molar-refractivity contribution in [1.82, 2.24) is 14.9 Å². The van der Waals surface area contributed by atoms with Crippen molar-refractivity contribution in [3.05, 3.63) is 83.8 Å². The van der Waals surface area contributed by atoms with Crippen LogP contribution in [0.4, 0.5) is 11.5 Å². The summed E-state index contributed by atoms with van der Waals surface area (Å²) in [6.07, 6.45) is 3.10. The van der Waals surface area contributed by atoms with Gasteiger partial charge in [0.15, 0.2) is 5.82 Å². The van der Waals surface area contributed by atoms with Gasteiger partial charge in [-0.2, -0.15) is 0 Å². The number of ether oxygens (including phenoxy) is 1. The van der Waals surface area contributed by atoms with Gasteiger partial charge < -0.3 is 19.9 Å². The summed E-state index contributed by atoms with van der Waals surface area (Å²) in [5.41, 5.74) is 2.85. The number of hydrogen-bond acceptors (Lipinski definition) is 6. The molecule has 162 valence electrons. The number of morpholine rings is 1. The van der Waals surface area contributed by atoms with E-state index in [9.17, 15) is 9.59 Å². The SMILES string of the molecule is O=C(c1cnc2c(c1)N(Cc1ccccn1)C(=O)CN2)N1CCOC(c2ccccc2)C1. The van der Waals surface area contributed by atoms with Crippen molar-refractivity contribution in [1.29, 1.82) is 0 Å². The highest BCUT2D eigenvalue weighted by Gasteiger charge is 2.30. The van der Waals surface area contributed by atoms with E-state index in [1.165, 1.54) is 0 Å². The molecule has 2 aliphatic heterocycles. The number of hydrogen-bond donors (Lipinski definition) is 1. The van der Waals surface area contributed by atoms with E-state index in [1.54, 1.807) is 28.3 Å². The summed E-state index contributed by atoms with van der Waals surface area (Å²) in [5.74, 6) is 0.367. The van der Waals surface area contributed by atoms with Crippen LogP contribution >= 0.6 is 0 Å². The maximum absolute atomic E-state index is 13.3. The van der Waals surface area contributed by atoms with Gasteiger partial charge in [0.05, 0.1) is 43.2 Å². The summed E-state index contributed by atoms with van der Waals surface area (Å²) in [6, 6.07) is 17.2. The molecule has 8 heteroatoms. The Hall–Kier alpha value is -3.78. The molecule has 0 spiro atoms. The zero-order valence-corrected chi connectivity index (χ0v) is 17.5. The molecule has 3 aromatic rings. The summed E-state index contributed by atoms with van der Waals surface area (Å²) in [5, 5.41) is 3.03. The molecule has 0 radical (unpaired) electrons. The van der Waals surface area contributed by atoms with Gasteiger partial charge in [-0.25, -0.2) is 4.98 Å². The van der Waals surface area contributed by atoms with Crippen molar-refractivity contribution >= 4 is 23.3 Å². The lowest BCUT2D eigenvalue weighted by Gasteiger charge is -2.34. The van der Waals surface area contributed by atoms with Crippen LogP contribution < -0.4 is 10.2 Å². The van der Waals surface area contributed by atoms with Gasteiger partial charge in [-0.05, 0) is 23.8 Å². The van der Waals surface area contributed by atoms with E-state index in [0.29, 0.717) is 43.3 Å². The van der Waals surface area contributed by atoms with Gasteiger partial charge in [0.1, 0.15) is 6.10 Å². The second kappa shape index (κ2) is 8.76. The van der Waals surface area contributed by atoms with Crippen LogP contribution in [-0.2, 0) is 16.1 Å². The fourth-order valence-corrected chi connectivity index (χ4v) is 4.01. The number of rotatable bonds is 4. The largest absolute Gasteiger partial charge is 0.370 e. The van der Waals surface area contributed by atoms with Crippen molar-refractivity contribution in [3.8, 4) is 0 Å². The molecule has 2 amide bonds. The first kappa shape index (κ1) is 20.1. The molecule has 1 fully saturated rings. The molecule has 5 rings (SSSR count). The predicted molar refractivity (Wildman–Crippen MR) is 119 cm³/mol. The predicted octanol–water partition coefficient (Wildman–Crippen LogP) is 2.65. The average Bonchev–Trinajstić information content (AvgIpc) is 2.86. The molecule has 1 saturated heterocycles. The van der Waals surface area contributed by atoms with E-state index >= 15 is 0 Å². The van der Waals surface area contributed by atoms with Crippen molar-refractivity contribution < 1.29 is 14.3 Å². The average molecular weight is 429 g/mol. The smallest absolute Gasteiger partial charge is 0.255 e. The number of aromatic nitrogens is 2. The van der Waals surface area contributed by atoms with Crippen molar-refractivity contribution in [2.24, 2.45) is 0 Å². The number of anilines is 2. The van der Waals surface area contributed by atoms with Crippen LogP contribution in [0.1, 0.15) is 27.7 Å². The summed E-state index contributed by atoms with van der Waals surface area (Å²) in [6.45, 7) is 1.92. The Bertz CT molecular complexity index is 1120. The zero-order valence-electron chi connectivity index (χ0n) is 17.5. The number of benzene rings is 1. The normalized spacial score (nSPS) is 18.1. The number of carbonyl (C=O) groups is 2. The lowest BCUT2D eigenvalue weighted by molar-refractivity contribution is -0.117.